The molecule has 3 aromatic heterocycles. The lowest BCUT2D eigenvalue weighted by Gasteiger charge is -2.34. The number of amides is 3. The third-order valence-electron chi connectivity index (χ3n) is 11.4. The monoisotopic (exact) mass is 800 g/mol. The number of nitrogens with one attached hydrogen (secondary N) is 5. The van der Waals surface area contributed by atoms with Crippen LogP contribution in [-0.4, -0.2) is 75.0 Å². The van der Waals surface area contributed by atoms with Crippen molar-refractivity contribution in [3.63, 3.8) is 0 Å². The third-order valence-corrected chi connectivity index (χ3v) is 11.4. The van der Waals surface area contributed by atoms with E-state index in [9.17, 15) is 14.4 Å². The summed E-state index contributed by atoms with van der Waals surface area (Å²) in [6.45, 7) is 12.6. The Bertz CT molecular complexity index is 2550. The van der Waals surface area contributed by atoms with Gasteiger partial charge in [0.15, 0.2) is 0 Å². The number of carbonyl (C=O) groups is 3. The molecule has 0 bridgehead atoms. The third kappa shape index (κ3) is 8.24. The van der Waals surface area contributed by atoms with Gasteiger partial charge >= 0.3 is 0 Å². The Balaban J connectivity index is 0.874. The van der Waals surface area contributed by atoms with E-state index >= 15 is 4.39 Å². The minimum absolute atomic E-state index is 0.0728. The molecule has 306 valence electrons. The number of benzene rings is 3. The van der Waals surface area contributed by atoms with Gasteiger partial charge in [0, 0.05) is 71.9 Å². The quantitative estimate of drug-likeness (QED) is 0.0704. The first-order valence-corrected chi connectivity index (χ1v) is 20.2. The van der Waals surface area contributed by atoms with Crippen LogP contribution in [0.4, 0.5) is 15.8 Å². The Labute approximate surface area is 341 Å². The van der Waals surface area contributed by atoms with Crippen LogP contribution in [0.25, 0.3) is 33.2 Å². The molecule has 15 heteroatoms. The minimum atomic E-state index is -0.529. The largest absolute Gasteiger partial charge is 0.384 e. The lowest BCUT2D eigenvalue weighted by Crippen LogP contribution is -2.43. The van der Waals surface area contributed by atoms with Crippen molar-refractivity contribution >= 4 is 51.0 Å². The first kappa shape index (κ1) is 39.6. The van der Waals surface area contributed by atoms with Gasteiger partial charge in [0.2, 0.25) is 17.7 Å². The number of imide groups is 1. The predicted molar refractivity (Wildman–Crippen MR) is 224 cm³/mol. The number of anilines is 2. The molecule has 2 atom stereocenters. The fraction of sp³-hybridized carbons (Fsp3) is 0.386. The van der Waals surface area contributed by atoms with E-state index in [0.29, 0.717) is 52.8 Å². The number of piperidine rings is 2. The molecule has 8 rings (SSSR count). The number of H-pyrrole nitrogens is 1. The molecule has 2 saturated heterocycles. The van der Waals surface area contributed by atoms with Gasteiger partial charge in [-0.15, -0.1) is 0 Å². The molecule has 3 aromatic carbocycles. The molecule has 2 aliphatic heterocycles. The van der Waals surface area contributed by atoms with Crippen LogP contribution < -0.4 is 26.2 Å². The van der Waals surface area contributed by atoms with Crippen LogP contribution in [0.2, 0.25) is 0 Å². The zero-order chi connectivity index (χ0) is 41.4. The molecule has 59 heavy (non-hydrogen) atoms. The lowest BCUT2D eigenvalue weighted by atomic mass is 9.90. The molecule has 3 amide bonds. The summed E-state index contributed by atoms with van der Waals surface area (Å²) in [5.41, 5.74) is 5.91. The van der Waals surface area contributed by atoms with Crippen molar-refractivity contribution in [1.29, 1.82) is 0 Å². The Hall–Kier alpha value is -6.22. The number of aromatic nitrogens is 5. The summed E-state index contributed by atoms with van der Waals surface area (Å²) in [4.78, 5) is 56.0. The van der Waals surface area contributed by atoms with E-state index in [1.165, 1.54) is 6.33 Å². The first-order valence-electron chi connectivity index (χ1n) is 20.2. The van der Waals surface area contributed by atoms with Crippen molar-refractivity contribution < 1.29 is 23.3 Å². The Morgan fingerprint density at radius 2 is 1.85 bits per heavy atom. The molecule has 0 spiro atoms. The van der Waals surface area contributed by atoms with Crippen LogP contribution in [0.1, 0.15) is 98.5 Å². The van der Waals surface area contributed by atoms with Crippen LogP contribution >= 0.6 is 0 Å². The molecule has 2 fully saturated rings. The van der Waals surface area contributed by atoms with E-state index in [1.807, 2.05) is 57.2 Å². The number of hydrogen-bond acceptors (Lipinski definition) is 11. The molecule has 1 unspecified atom stereocenters. The van der Waals surface area contributed by atoms with Gasteiger partial charge in [-0.3, -0.25) is 19.7 Å². The molecule has 0 radical (unpaired) electrons. The van der Waals surface area contributed by atoms with Crippen molar-refractivity contribution in [2.75, 3.05) is 36.4 Å². The van der Waals surface area contributed by atoms with Crippen molar-refractivity contribution in [3.8, 4) is 11.3 Å². The Morgan fingerprint density at radius 3 is 2.61 bits per heavy atom. The van der Waals surface area contributed by atoms with E-state index in [-0.39, 0.29) is 23.6 Å². The highest BCUT2D eigenvalue weighted by Gasteiger charge is 2.29. The summed E-state index contributed by atoms with van der Waals surface area (Å²) < 4.78 is 21.5. The number of nitrogens with zero attached hydrogens (tertiary/aromatic N) is 5. The number of fused-ring (bicyclic) bond motifs is 3. The zero-order valence-electron chi connectivity index (χ0n) is 33.9. The topological polar surface area (TPSA) is 183 Å². The minimum Gasteiger partial charge on any atom is -0.384 e. The highest BCUT2D eigenvalue weighted by atomic mass is 19.1. The molecule has 0 saturated carbocycles. The maximum Gasteiger partial charge on any atom is 0.293 e. The van der Waals surface area contributed by atoms with Crippen molar-refractivity contribution in [2.45, 2.75) is 83.7 Å². The average Bonchev–Trinajstić information content (AvgIpc) is 3.87. The molecule has 14 nitrogen and oxygen atoms in total. The van der Waals surface area contributed by atoms with Crippen molar-refractivity contribution in [3.05, 3.63) is 95.1 Å². The molecular weight excluding hydrogens is 752 g/mol. The predicted octanol–water partition coefficient (Wildman–Crippen LogP) is 6.59. The van der Waals surface area contributed by atoms with Crippen molar-refractivity contribution in [2.24, 2.45) is 0 Å². The van der Waals surface area contributed by atoms with E-state index < -0.39 is 23.2 Å². The average molecular weight is 801 g/mol. The van der Waals surface area contributed by atoms with E-state index in [2.05, 4.69) is 63.4 Å². The van der Waals surface area contributed by atoms with E-state index in [4.69, 9.17) is 4.52 Å². The highest BCUT2D eigenvalue weighted by Crippen LogP contribution is 2.36. The number of hydrogen-bond donors (Lipinski definition) is 5. The zero-order valence-corrected chi connectivity index (χ0v) is 33.9. The van der Waals surface area contributed by atoms with Crippen LogP contribution in [0.15, 0.2) is 65.4 Å². The fourth-order valence-corrected chi connectivity index (χ4v) is 8.13. The van der Waals surface area contributed by atoms with Gasteiger partial charge in [-0.25, -0.2) is 14.4 Å². The Morgan fingerprint density at radius 1 is 1.03 bits per heavy atom. The second-order valence-corrected chi connectivity index (χ2v) is 16.6. The van der Waals surface area contributed by atoms with Gasteiger partial charge in [-0.1, -0.05) is 50.2 Å². The number of halogens is 1. The molecular formula is C44H49FN10O4. The Kier molecular flexibility index (Phi) is 10.9. The maximum absolute atomic E-state index is 16.2. The van der Waals surface area contributed by atoms with Gasteiger partial charge in [0.25, 0.3) is 11.7 Å². The summed E-state index contributed by atoms with van der Waals surface area (Å²) in [5.74, 6) is -1.34. The fourth-order valence-electron chi connectivity index (χ4n) is 8.13. The highest BCUT2D eigenvalue weighted by molar-refractivity contribution is 6.12. The standard InChI is InChI=1S/C44H49FN10O4/c1-24-30(25(2)50-42(58)40-53-43(59-54-40)44(3,4)5)11-12-33(37(24)45)38-36-32-10-9-28(22-34(32)51-39(36)49-23-48-38)47-18-17-46-27-15-19-55(20-16-27)29-8-6-7-26(21-29)31-13-14-35(56)52-41(31)57/h6-12,21-23,25,27,31,46-47H,13-20H2,1-5H3,(H,50,58)(H,48,49,51)(H,52,56,57)/t25-,31?/m1/s1. The normalized spacial score (nSPS) is 17.1. The number of aromatic amines is 1. The maximum atomic E-state index is 16.2. The SMILES string of the molecule is Cc1c([C@@H](C)NC(=O)c2noc(C(C)(C)C)n2)ccc(-c2ncnc3[nH]c4cc(NCCNC5CCN(c6cccc(C7CCC(=O)NC7=O)c6)CC5)ccc4c23)c1F. The van der Waals surface area contributed by atoms with E-state index in [0.717, 1.165) is 72.2 Å². The molecule has 5 N–H and O–H groups in total. The number of carbonyl (C=O) groups excluding carboxylic acids is 3. The second kappa shape index (κ2) is 16.2. The first-order chi connectivity index (χ1) is 28.3. The van der Waals surface area contributed by atoms with Crippen LogP contribution in [-0.2, 0) is 15.0 Å². The molecule has 2 aliphatic rings. The van der Waals surface area contributed by atoms with Crippen LogP contribution in [0, 0.1) is 12.7 Å². The van der Waals surface area contributed by atoms with Gasteiger partial charge in [0.05, 0.1) is 23.0 Å². The summed E-state index contributed by atoms with van der Waals surface area (Å²) in [5, 5.41) is 18.0. The van der Waals surface area contributed by atoms with Gasteiger partial charge in [-0.05, 0) is 80.1 Å². The number of rotatable bonds is 11. The molecule has 6 aromatic rings. The molecule has 0 aliphatic carbocycles. The smallest absolute Gasteiger partial charge is 0.293 e. The van der Waals surface area contributed by atoms with Gasteiger partial charge < -0.3 is 30.4 Å². The van der Waals surface area contributed by atoms with Gasteiger partial charge in [-0.2, -0.15) is 4.98 Å². The lowest BCUT2D eigenvalue weighted by molar-refractivity contribution is -0.134. The summed E-state index contributed by atoms with van der Waals surface area (Å²) in [6, 6.07) is 17.6. The van der Waals surface area contributed by atoms with Crippen LogP contribution in [0.5, 0.6) is 0 Å². The van der Waals surface area contributed by atoms with Crippen molar-refractivity contribution in [1.82, 2.24) is 41.0 Å². The van der Waals surface area contributed by atoms with E-state index in [1.54, 1.807) is 19.9 Å². The second-order valence-electron chi connectivity index (χ2n) is 16.6. The summed E-state index contributed by atoms with van der Waals surface area (Å²) in [7, 11) is 0. The van der Waals surface area contributed by atoms with Crippen LogP contribution in [0.3, 0.4) is 0 Å². The summed E-state index contributed by atoms with van der Waals surface area (Å²) in [6.07, 6.45) is 4.36. The molecule has 5 heterocycles. The van der Waals surface area contributed by atoms with Gasteiger partial charge in [0.1, 0.15) is 17.8 Å². The summed E-state index contributed by atoms with van der Waals surface area (Å²) >= 11 is 0.